The van der Waals surface area contributed by atoms with Crippen molar-refractivity contribution in [3.63, 3.8) is 0 Å². The lowest BCUT2D eigenvalue weighted by Crippen LogP contribution is -2.51. The molecule has 11 rings (SSSR count). The second kappa shape index (κ2) is 18.2. The van der Waals surface area contributed by atoms with Gasteiger partial charge in [0.15, 0.2) is 5.60 Å². The molecular formula is C56H52N8O6Si. The molecule has 1 unspecified atom stereocenters. The van der Waals surface area contributed by atoms with E-state index in [1.54, 1.807) is 41.2 Å². The first kappa shape index (κ1) is 45.6. The maximum atomic E-state index is 16.0. The number of hydrogen-bond donors (Lipinski definition) is 1. The van der Waals surface area contributed by atoms with Crippen LogP contribution in [0.1, 0.15) is 41.6 Å². The fraction of sp³-hybridized carbons (Fsp3) is 0.232. The van der Waals surface area contributed by atoms with Crippen LogP contribution < -0.4 is 25.9 Å². The van der Waals surface area contributed by atoms with Gasteiger partial charge in [0.2, 0.25) is 0 Å². The number of anilines is 1. The van der Waals surface area contributed by atoms with Gasteiger partial charge in [-0.25, -0.2) is 0 Å². The number of hydrogen-bond acceptors (Lipinski definition) is 10. The van der Waals surface area contributed by atoms with Crippen LogP contribution in [0.2, 0.25) is 18.6 Å². The van der Waals surface area contributed by atoms with E-state index in [4.69, 9.17) is 9.47 Å². The normalized spacial score (nSPS) is 19.2. The summed E-state index contributed by atoms with van der Waals surface area (Å²) >= 11 is 0. The molecule has 5 atom stereocenters. The summed E-state index contributed by atoms with van der Waals surface area (Å²) in [4.78, 5) is 45.7. The predicted molar refractivity (Wildman–Crippen MR) is 275 cm³/mol. The molecule has 15 heteroatoms. The van der Waals surface area contributed by atoms with Gasteiger partial charge in [0, 0.05) is 35.0 Å². The van der Waals surface area contributed by atoms with Crippen molar-refractivity contribution in [1.29, 1.82) is 0 Å². The molecule has 14 nitrogen and oxygen atoms in total. The number of methoxy groups -OCH3 is 1. The van der Waals surface area contributed by atoms with Crippen molar-refractivity contribution in [3.8, 4) is 17.1 Å². The number of benzene rings is 6. The number of carbonyl (C=O) groups is 1. The van der Waals surface area contributed by atoms with E-state index in [1.807, 2.05) is 128 Å². The number of rotatable bonds is 13. The molecule has 1 N–H and O–H groups in total. The minimum atomic E-state index is -2.57. The third-order valence-corrected chi connectivity index (χ3v) is 19.3. The van der Waals surface area contributed by atoms with Crippen LogP contribution in [0.3, 0.4) is 0 Å². The van der Waals surface area contributed by atoms with Crippen LogP contribution >= 0.6 is 0 Å². The number of nitrogens with zero attached hydrogens (tertiary/aromatic N) is 8. The number of ether oxygens (including phenoxy) is 2. The van der Waals surface area contributed by atoms with Gasteiger partial charge in [-0.05, 0) is 77.7 Å². The van der Waals surface area contributed by atoms with Gasteiger partial charge in [0.05, 0.1) is 86.3 Å². The highest BCUT2D eigenvalue weighted by Gasteiger charge is 2.66. The number of aliphatic hydroxyl groups is 1. The number of amides is 1. The van der Waals surface area contributed by atoms with E-state index in [9.17, 15) is 14.7 Å². The van der Waals surface area contributed by atoms with Crippen LogP contribution in [0.15, 0.2) is 174 Å². The molecule has 2 aliphatic rings. The summed E-state index contributed by atoms with van der Waals surface area (Å²) in [6.45, 7) is 7.30. The van der Waals surface area contributed by atoms with E-state index in [-0.39, 0.29) is 47.6 Å². The fourth-order valence-electron chi connectivity index (χ4n) is 11.3. The Morgan fingerprint density at radius 2 is 1.41 bits per heavy atom. The highest BCUT2D eigenvalue weighted by molar-refractivity contribution is 6.91. The van der Waals surface area contributed by atoms with Gasteiger partial charge >= 0.3 is 0 Å². The lowest BCUT2D eigenvalue weighted by molar-refractivity contribution is -0.146. The van der Waals surface area contributed by atoms with Crippen molar-refractivity contribution in [3.05, 3.63) is 207 Å². The van der Waals surface area contributed by atoms with Gasteiger partial charge in [-0.15, -0.1) is 5.10 Å². The van der Waals surface area contributed by atoms with Crippen LogP contribution in [-0.4, -0.2) is 73.5 Å². The summed E-state index contributed by atoms with van der Waals surface area (Å²) in [5, 5.41) is 32.4. The molecule has 1 saturated heterocycles. The second-order valence-corrected chi connectivity index (χ2v) is 23.8. The van der Waals surface area contributed by atoms with E-state index < -0.39 is 19.8 Å². The summed E-state index contributed by atoms with van der Waals surface area (Å²) in [5.41, 5.74) is 2.67. The lowest BCUT2D eigenvalue weighted by atomic mass is 9.82. The zero-order valence-electron chi connectivity index (χ0n) is 39.8. The van der Waals surface area contributed by atoms with E-state index in [0.29, 0.717) is 52.1 Å². The average Bonchev–Trinajstić information content (AvgIpc) is 4.06. The monoisotopic (exact) mass is 960 g/mol. The first-order chi connectivity index (χ1) is 34.5. The van der Waals surface area contributed by atoms with Crippen molar-refractivity contribution in [2.24, 2.45) is 5.92 Å². The zero-order chi connectivity index (χ0) is 49.0. The molecule has 0 saturated carbocycles. The fourth-order valence-corrected chi connectivity index (χ4v) is 15.3. The Morgan fingerprint density at radius 1 is 0.761 bits per heavy atom. The summed E-state index contributed by atoms with van der Waals surface area (Å²) in [7, 11) is -0.917. The van der Waals surface area contributed by atoms with Gasteiger partial charge in [0.25, 0.3) is 17.0 Å². The van der Waals surface area contributed by atoms with E-state index >= 15 is 4.79 Å². The van der Waals surface area contributed by atoms with Crippen LogP contribution in [0.25, 0.3) is 32.9 Å². The predicted octanol–water partition coefficient (Wildman–Crippen LogP) is 7.66. The third-order valence-electron chi connectivity index (χ3n) is 14.9. The van der Waals surface area contributed by atoms with E-state index in [0.717, 1.165) is 27.6 Å². The Hall–Kier alpha value is -7.85. The van der Waals surface area contributed by atoms with Crippen molar-refractivity contribution in [1.82, 2.24) is 34.6 Å². The van der Waals surface area contributed by atoms with E-state index in [2.05, 4.69) is 52.7 Å². The molecule has 0 radical (unpaired) electrons. The molecule has 2 aliphatic heterocycles. The smallest absolute Gasteiger partial charge is 0.279 e. The lowest BCUT2D eigenvalue weighted by Gasteiger charge is -2.37. The molecule has 1 spiro atoms. The Bertz CT molecular complexity index is 3600. The molecule has 5 heterocycles. The Labute approximate surface area is 410 Å². The summed E-state index contributed by atoms with van der Waals surface area (Å²) < 4.78 is 17.7. The van der Waals surface area contributed by atoms with Gasteiger partial charge in [0.1, 0.15) is 5.75 Å². The second-order valence-electron chi connectivity index (χ2n) is 19.2. The van der Waals surface area contributed by atoms with Gasteiger partial charge in [-0.3, -0.25) is 19.1 Å². The molecule has 356 valence electrons. The average molecular weight is 961 g/mol. The quantitative estimate of drug-likeness (QED) is 0.114. The van der Waals surface area contributed by atoms with Crippen LogP contribution in [0.5, 0.6) is 5.75 Å². The minimum absolute atomic E-state index is 0.107. The molecule has 71 heavy (non-hydrogen) atoms. The van der Waals surface area contributed by atoms with Crippen molar-refractivity contribution < 1.29 is 19.4 Å². The van der Waals surface area contributed by atoms with Crippen LogP contribution in [0, 0.1) is 5.92 Å². The Balaban J connectivity index is 1.02. The largest absolute Gasteiger partial charge is 0.497 e. The molecule has 0 bridgehead atoms. The summed E-state index contributed by atoms with van der Waals surface area (Å²) in [5.74, 6) is -0.162. The first-order valence-electron chi connectivity index (χ1n) is 23.9. The van der Waals surface area contributed by atoms with Crippen molar-refractivity contribution in [2.45, 2.75) is 62.7 Å². The number of aryl methyl sites for hydroxylation is 1. The summed E-state index contributed by atoms with van der Waals surface area (Å²) in [6, 6.07) is 45.9. The van der Waals surface area contributed by atoms with E-state index in [1.165, 1.54) is 14.6 Å². The maximum Gasteiger partial charge on any atom is 0.279 e. The van der Waals surface area contributed by atoms with Gasteiger partial charge < -0.3 is 19.5 Å². The topological polar surface area (TPSA) is 159 Å². The maximum absolute atomic E-state index is 16.0. The SMILES string of the molecule is COc1ccc([Si](C)(C)[C@H]2[C@H](CCn3cc(C(CO)c4ccccc4)nn3)O[C@@]3(C(=O)N(Cc4cccc(-n5ncc6ccccc6c5=O)c4)c4ccc(-n5ncc6ccccc6c5=O)cc43)[C@@H]2C)cc1. The van der Waals surface area contributed by atoms with Gasteiger partial charge in [-0.2, -0.15) is 19.6 Å². The molecule has 1 amide bonds. The highest BCUT2D eigenvalue weighted by atomic mass is 28.3. The first-order valence-corrected chi connectivity index (χ1v) is 27.0. The minimum Gasteiger partial charge on any atom is -0.497 e. The molecule has 1 fully saturated rings. The van der Waals surface area contributed by atoms with Crippen LogP contribution in [-0.2, 0) is 28.2 Å². The molecular weight excluding hydrogens is 909 g/mol. The molecule has 6 aromatic carbocycles. The number of aliphatic hydroxyl groups excluding tert-OH is 1. The number of aromatic nitrogens is 7. The number of carbonyl (C=O) groups excluding carboxylic acids is 1. The third kappa shape index (κ3) is 7.77. The Morgan fingerprint density at radius 3 is 2.07 bits per heavy atom. The Kier molecular flexibility index (Phi) is 11.7. The summed E-state index contributed by atoms with van der Waals surface area (Å²) in [6.07, 6.45) is 5.32. The van der Waals surface area contributed by atoms with Crippen LogP contribution in [0.4, 0.5) is 5.69 Å². The highest BCUT2D eigenvalue weighted by Crippen LogP contribution is 2.60. The van der Waals surface area contributed by atoms with Crippen molar-refractivity contribution >= 4 is 46.4 Å². The molecule has 0 aliphatic carbocycles. The van der Waals surface area contributed by atoms with Crippen molar-refractivity contribution in [2.75, 3.05) is 18.6 Å². The standard InChI is InChI=1S/C56H52N8O6Si/c1-36-52(71(3,4)44-24-22-43(69-2)23-25-44)51(27-28-61-34-49(59-60-61)47(35-65)38-14-6-5-7-15-38)70-56(36)48-30-42(64-54(67)46-20-11-9-17-40(46)32-58-64)21-26-50(48)62(55(56)68)33-37-13-12-18-41(29-37)63-53(66)45-19-10-8-16-39(45)31-57-63/h5-26,29-32,34,36,47,51-52,65H,27-28,33,35H2,1-4H3/t36-,47?,51+,52-,56+/m1/s1. The zero-order valence-corrected chi connectivity index (χ0v) is 40.8. The number of fused-ring (bicyclic) bond motifs is 4. The molecule has 9 aromatic rings. The van der Waals surface area contributed by atoms with Gasteiger partial charge in [-0.1, -0.05) is 121 Å². The molecule has 3 aromatic heterocycles.